The van der Waals surface area contributed by atoms with Crippen molar-refractivity contribution in [2.24, 2.45) is 4.99 Å². The first kappa shape index (κ1) is 12.9. The molecular weight excluding hydrogens is 222 g/mol. The van der Waals surface area contributed by atoms with Crippen LogP contribution in [-0.2, 0) is 0 Å². The van der Waals surface area contributed by atoms with E-state index >= 15 is 0 Å². The second kappa shape index (κ2) is 5.89. The maximum atomic E-state index is 4.60. The lowest BCUT2D eigenvalue weighted by molar-refractivity contribution is 0.424. The summed E-state index contributed by atoms with van der Waals surface area (Å²) in [5, 5.41) is 0. The predicted octanol–water partition coefficient (Wildman–Crippen LogP) is 2.41. The smallest absolute Gasteiger partial charge is 0.196 e. The van der Waals surface area contributed by atoms with Crippen molar-refractivity contribution in [3.63, 3.8) is 0 Å². The molecule has 0 bridgehead atoms. The monoisotopic (exact) mass is 245 g/mol. The zero-order valence-corrected chi connectivity index (χ0v) is 11.6. The Balaban J connectivity index is 2.06. The SMILES string of the molecule is CCN=C(N(C)C)N1CCC(c2ccccc2)C1. The van der Waals surface area contributed by atoms with Gasteiger partial charge >= 0.3 is 0 Å². The highest BCUT2D eigenvalue weighted by atomic mass is 15.4. The number of rotatable bonds is 2. The first-order valence-corrected chi connectivity index (χ1v) is 6.74. The standard InChI is InChI=1S/C15H23N3/c1-4-16-15(17(2)3)18-11-10-14(12-18)13-8-6-5-7-9-13/h5-9,14H,4,10-12H2,1-3H3. The number of nitrogens with zero attached hydrogens (tertiary/aromatic N) is 3. The van der Waals surface area contributed by atoms with Crippen LogP contribution in [0.25, 0.3) is 0 Å². The summed E-state index contributed by atoms with van der Waals surface area (Å²) in [6.45, 7) is 5.13. The van der Waals surface area contributed by atoms with Crippen LogP contribution in [0.15, 0.2) is 35.3 Å². The second-order valence-electron chi connectivity index (χ2n) is 5.01. The van der Waals surface area contributed by atoms with E-state index < -0.39 is 0 Å². The van der Waals surface area contributed by atoms with Crippen LogP contribution in [-0.4, -0.2) is 49.5 Å². The lowest BCUT2D eigenvalue weighted by Gasteiger charge is -2.26. The molecule has 18 heavy (non-hydrogen) atoms. The van der Waals surface area contributed by atoms with Crippen molar-refractivity contribution in [2.75, 3.05) is 33.7 Å². The van der Waals surface area contributed by atoms with E-state index in [-0.39, 0.29) is 0 Å². The van der Waals surface area contributed by atoms with Gasteiger partial charge in [0.05, 0.1) is 0 Å². The molecule has 1 aliphatic heterocycles. The molecular formula is C15H23N3. The van der Waals surface area contributed by atoms with E-state index in [2.05, 4.69) is 66.1 Å². The highest BCUT2D eigenvalue weighted by Gasteiger charge is 2.26. The number of benzene rings is 1. The first-order valence-electron chi connectivity index (χ1n) is 6.74. The van der Waals surface area contributed by atoms with Crippen LogP contribution in [0, 0.1) is 0 Å². The molecule has 1 atom stereocenters. The molecule has 3 heteroatoms. The van der Waals surface area contributed by atoms with Gasteiger partial charge in [0.1, 0.15) is 0 Å². The number of hydrogen-bond donors (Lipinski definition) is 0. The molecule has 2 rings (SSSR count). The van der Waals surface area contributed by atoms with E-state index in [1.165, 1.54) is 12.0 Å². The summed E-state index contributed by atoms with van der Waals surface area (Å²) >= 11 is 0. The summed E-state index contributed by atoms with van der Waals surface area (Å²) in [6.07, 6.45) is 1.22. The molecule has 1 aliphatic rings. The molecule has 0 amide bonds. The van der Waals surface area contributed by atoms with E-state index in [4.69, 9.17) is 0 Å². The Bertz CT molecular complexity index is 397. The van der Waals surface area contributed by atoms with Gasteiger partial charge in [-0.15, -0.1) is 0 Å². The van der Waals surface area contributed by atoms with Crippen molar-refractivity contribution < 1.29 is 0 Å². The molecule has 0 radical (unpaired) electrons. The summed E-state index contributed by atoms with van der Waals surface area (Å²) < 4.78 is 0. The van der Waals surface area contributed by atoms with Gasteiger partial charge < -0.3 is 9.80 Å². The number of aliphatic imine (C=N–C) groups is 1. The number of likely N-dealkylation sites (tertiary alicyclic amines) is 1. The van der Waals surface area contributed by atoms with Gasteiger partial charge in [0.15, 0.2) is 5.96 Å². The van der Waals surface area contributed by atoms with Crippen molar-refractivity contribution in [3.8, 4) is 0 Å². The molecule has 0 aliphatic carbocycles. The average Bonchev–Trinajstić information content (AvgIpc) is 2.86. The molecule has 1 fully saturated rings. The molecule has 0 spiro atoms. The van der Waals surface area contributed by atoms with Crippen LogP contribution in [0.1, 0.15) is 24.8 Å². The van der Waals surface area contributed by atoms with Crippen molar-refractivity contribution in [1.29, 1.82) is 0 Å². The highest BCUT2D eigenvalue weighted by molar-refractivity contribution is 5.80. The van der Waals surface area contributed by atoms with Gasteiger partial charge in [-0.3, -0.25) is 4.99 Å². The van der Waals surface area contributed by atoms with Gasteiger partial charge in [-0.25, -0.2) is 0 Å². The fourth-order valence-electron chi connectivity index (χ4n) is 2.60. The Morgan fingerprint density at radius 2 is 2.06 bits per heavy atom. The Kier molecular flexibility index (Phi) is 4.24. The second-order valence-corrected chi connectivity index (χ2v) is 5.01. The van der Waals surface area contributed by atoms with E-state index in [0.29, 0.717) is 5.92 Å². The Hall–Kier alpha value is -1.51. The van der Waals surface area contributed by atoms with Crippen LogP contribution in [0.3, 0.4) is 0 Å². The van der Waals surface area contributed by atoms with Crippen molar-refractivity contribution in [1.82, 2.24) is 9.80 Å². The Morgan fingerprint density at radius 1 is 1.33 bits per heavy atom. The van der Waals surface area contributed by atoms with Crippen LogP contribution in [0.5, 0.6) is 0 Å². The van der Waals surface area contributed by atoms with E-state index in [1.807, 2.05) is 0 Å². The minimum atomic E-state index is 0.646. The molecule has 0 saturated carbocycles. The molecule has 1 saturated heterocycles. The highest BCUT2D eigenvalue weighted by Crippen LogP contribution is 2.27. The minimum Gasteiger partial charge on any atom is -0.349 e. The molecule has 1 heterocycles. The summed E-state index contributed by atoms with van der Waals surface area (Å²) in [4.78, 5) is 9.13. The lowest BCUT2D eigenvalue weighted by Crippen LogP contribution is -2.39. The van der Waals surface area contributed by atoms with Crippen LogP contribution >= 0.6 is 0 Å². The molecule has 1 unspecified atom stereocenters. The summed E-state index contributed by atoms with van der Waals surface area (Å²) in [7, 11) is 4.15. The number of guanidine groups is 1. The zero-order valence-electron chi connectivity index (χ0n) is 11.6. The van der Waals surface area contributed by atoms with Gasteiger partial charge in [0.25, 0.3) is 0 Å². The van der Waals surface area contributed by atoms with E-state index in [1.54, 1.807) is 0 Å². The van der Waals surface area contributed by atoms with Gasteiger partial charge in [0.2, 0.25) is 0 Å². The fourth-order valence-corrected chi connectivity index (χ4v) is 2.60. The fraction of sp³-hybridized carbons (Fsp3) is 0.533. The van der Waals surface area contributed by atoms with Gasteiger partial charge in [-0.05, 0) is 18.9 Å². The molecule has 1 aromatic carbocycles. The largest absolute Gasteiger partial charge is 0.349 e. The summed E-state index contributed by atoms with van der Waals surface area (Å²) in [6, 6.07) is 10.8. The van der Waals surface area contributed by atoms with Gasteiger partial charge in [-0.2, -0.15) is 0 Å². The van der Waals surface area contributed by atoms with Crippen molar-refractivity contribution in [3.05, 3.63) is 35.9 Å². The predicted molar refractivity (Wildman–Crippen MR) is 77.0 cm³/mol. The summed E-state index contributed by atoms with van der Waals surface area (Å²) in [5.74, 6) is 1.77. The third kappa shape index (κ3) is 2.84. The Morgan fingerprint density at radius 3 is 2.67 bits per heavy atom. The van der Waals surface area contributed by atoms with Crippen LogP contribution in [0.4, 0.5) is 0 Å². The van der Waals surface area contributed by atoms with Crippen LogP contribution in [0.2, 0.25) is 0 Å². The first-order chi connectivity index (χ1) is 8.72. The molecule has 3 nitrogen and oxygen atoms in total. The lowest BCUT2D eigenvalue weighted by atomic mass is 9.99. The average molecular weight is 245 g/mol. The normalized spacial score (nSPS) is 20.3. The van der Waals surface area contributed by atoms with Gasteiger partial charge in [-0.1, -0.05) is 30.3 Å². The maximum absolute atomic E-state index is 4.60. The third-order valence-electron chi connectivity index (χ3n) is 3.44. The minimum absolute atomic E-state index is 0.646. The summed E-state index contributed by atoms with van der Waals surface area (Å²) in [5.41, 5.74) is 1.45. The van der Waals surface area contributed by atoms with Crippen LogP contribution < -0.4 is 0 Å². The molecule has 1 aromatic rings. The quantitative estimate of drug-likeness (QED) is 0.588. The third-order valence-corrected chi connectivity index (χ3v) is 3.44. The van der Waals surface area contributed by atoms with Crippen molar-refractivity contribution >= 4 is 5.96 Å². The van der Waals surface area contributed by atoms with E-state index in [9.17, 15) is 0 Å². The van der Waals surface area contributed by atoms with Gasteiger partial charge in [0, 0.05) is 39.6 Å². The maximum Gasteiger partial charge on any atom is 0.196 e. The van der Waals surface area contributed by atoms with E-state index in [0.717, 1.165) is 25.6 Å². The number of hydrogen-bond acceptors (Lipinski definition) is 1. The van der Waals surface area contributed by atoms with Crippen molar-refractivity contribution in [2.45, 2.75) is 19.3 Å². The molecule has 0 aromatic heterocycles. The Labute approximate surface area is 110 Å². The molecule has 98 valence electrons. The molecule has 0 N–H and O–H groups in total. The zero-order chi connectivity index (χ0) is 13.0. The topological polar surface area (TPSA) is 18.8 Å².